The second-order valence-corrected chi connectivity index (χ2v) is 4.63. The van der Waals surface area contributed by atoms with E-state index in [1.807, 2.05) is 18.9 Å². The maximum atomic E-state index is 11.5. The molecule has 1 aliphatic carbocycles. The number of carbonyl (C=O) groups excluding carboxylic acids is 1. The van der Waals surface area contributed by atoms with Gasteiger partial charge in [-0.15, -0.1) is 0 Å². The highest BCUT2D eigenvalue weighted by Gasteiger charge is 2.26. The molecule has 4 heteroatoms. The van der Waals surface area contributed by atoms with Gasteiger partial charge in [0, 0.05) is 25.9 Å². The van der Waals surface area contributed by atoms with Crippen molar-refractivity contribution in [1.29, 1.82) is 0 Å². The van der Waals surface area contributed by atoms with Crippen LogP contribution >= 0.6 is 0 Å². The summed E-state index contributed by atoms with van der Waals surface area (Å²) in [6.07, 6.45) is 4.57. The lowest BCUT2D eigenvalue weighted by Gasteiger charge is -2.34. The molecule has 16 heavy (non-hydrogen) atoms. The predicted octanol–water partition coefficient (Wildman–Crippen LogP) is 1.89. The minimum Gasteiger partial charge on any atom is -0.481 e. The van der Waals surface area contributed by atoms with Gasteiger partial charge in [0.05, 0.1) is 0 Å². The number of amides is 1. The van der Waals surface area contributed by atoms with Gasteiger partial charge in [0.2, 0.25) is 5.91 Å². The van der Waals surface area contributed by atoms with E-state index in [9.17, 15) is 9.59 Å². The standard InChI is InChI=1S/C12H21NO3/c1-3-11(14)13(2)10-6-4-9(5-7-10)8-12(15)16/h9-10H,3-8H2,1-2H3,(H,15,16). The van der Waals surface area contributed by atoms with E-state index in [4.69, 9.17) is 5.11 Å². The monoisotopic (exact) mass is 227 g/mol. The highest BCUT2D eigenvalue weighted by Crippen LogP contribution is 2.29. The molecule has 0 aliphatic heterocycles. The third-order valence-electron chi connectivity index (χ3n) is 3.52. The Morgan fingerprint density at radius 3 is 2.25 bits per heavy atom. The van der Waals surface area contributed by atoms with Crippen LogP contribution in [0.3, 0.4) is 0 Å². The first kappa shape index (κ1) is 13.0. The van der Waals surface area contributed by atoms with Crippen LogP contribution in [0.25, 0.3) is 0 Å². The molecule has 0 aromatic rings. The molecule has 1 amide bonds. The molecule has 1 fully saturated rings. The number of carboxylic acids is 1. The van der Waals surface area contributed by atoms with Crippen molar-refractivity contribution < 1.29 is 14.7 Å². The first-order valence-electron chi connectivity index (χ1n) is 6.02. The molecule has 1 saturated carbocycles. The Labute approximate surface area is 96.6 Å². The molecule has 0 aromatic heterocycles. The van der Waals surface area contributed by atoms with Crippen LogP contribution in [0.15, 0.2) is 0 Å². The molecule has 1 rings (SSSR count). The number of hydrogen-bond donors (Lipinski definition) is 1. The van der Waals surface area contributed by atoms with Crippen LogP contribution in [0.2, 0.25) is 0 Å². The smallest absolute Gasteiger partial charge is 0.303 e. The van der Waals surface area contributed by atoms with Gasteiger partial charge in [0.15, 0.2) is 0 Å². The summed E-state index contributed by atoms with van der Waals surface area (Å²) in [4.78, 5) is 23.9. The second kappa shape index (κ2) is 5.87. The van der Waals surface area contributed by atoms with Gasteiger partial charge < -0.3 is 10.0 Å². The van der Waals surface area contributed by atoms with Crippen LogP contribution in [0.1, 0.15) is 45.4 Å². The van der Waals surface area contributed by atoms with Crippen molar-refractivity contribution >= 4 is 11.9 Å². The zero-order chi connectivity index (χ0) is 12.1. The number of hydrogen-bond acceptors (Lipinski definition) is 2. The average Bonchev–Trinajstić information content (AvgIpc) is 2.27. The molecule has 92 valence electrons. The van der Waals surface area contributed by atoms with Gasteiger partial charge in [0.1, 0.15) is 0 Å². The summed E-state index contributed by atoms with van der Waals surface area (Å²) in [5, 5.41) is 8.70. The number of carboxylic acid groups (broad SMARTS) is 1. The summed E-state index contributed by atoms with van der Waals surface area (Å²) in [6.45, 7) is 1.87. The van der Waals surface area contributed by atoms with Gasteiger partial charge in [-0.3, -0.25) is 9.59 Å². The lowest BCUT2D eigenvalue weighted by atomic mass is 9.83. The highest BCUT2D eigenvalue weighted by molar-refractivity contribution is 5.75. The molecular weight excluding hydrogens is 206 g/mol. The molecule has 0 heterocycles. The first-order valence-corrected chi connectivity index (χ1v) is 6.02. The Morgan fingerprint density at radius 2 is 1.81 bits per heavy atom. The fourth-order valence-electron chi connectivity index (χ4n) is 2.44. The van der Waals surface area contributed by atoms with Crippen LogP contribution in [0, 0.1) is 5.92 Å². The molecule has 0 aromatic carbocycles. The highest BCUT2D eigenvalue weighted by atomic mass is 16.4. The number of nitrogens with zero attached hydrogens (tertiary/aromatic N) is 1. The van der Waals surface area contributed by atoms with Gasteiger partial charge in [-0.2, -0.15) is 0 Å². The maximum absolute atomic E-state index is 11.5. The molecule has 4 nitrogen and oxygen atoms in total. The van der Waals surface area contributed by atoms with Gasteiger partial charge >= 0.3 is 5.97 Å². The van der Waals surface area contributed by atoms with Crippen molar-refractivity contribution in [1.82, 2.24) is 4.90 Å². The lowest BCUT2D eigenvalue weighted by molar-refractivity contribution is -0.139. The van der Waals surface area contributed by atoms with Gasteiger partial charge in [-0.05, 0) is 31.6 Å². The zero-order valence-corrected chi connectivity index (χ0v) is 10.1. The molecule has 1 aliphatic rings. The van der Waals surface area contributed by atoms with E-state index in [1.54, 1.807) is 0 Å². The SMILES string of the molecule is CCC(=O)N(C)C1CCC(CC(=O)O)CC1. The van der Waals surface area contributed by atoms with Crippen molar-refractivity contribution in [3.05, 3.63) is 0 Å². The van der Waals surface area contributed by atoms with Crippen LogP contribution < -0.4 is 0 Å². The van der Waals surface area contributed by atoms with Gasteiger partial charge in [-0.1, -0.05) is 6.92 Å². The molecule has 0 unspecified atom stereocenters. The van der Waals surface area contributed by atoms with Crippen molar-refractivity contribution in [3.8, 4) is 0 Å². The molecule has 0 bridgehead atoms. The van der Waals surface area contributed by atoms with E-state index in [0.29, 0.717) is 18.4 Å². The first-order chi connectivity index (χ1) is 7.54. The van der Waals surface area contributed by atoms with Gasteiger partial charge in [-0.25, -0.2) is 0 Å². The Kier molecular flexibility index (Phi) is 4.77. The van der Waals surface area contributed by atoms with Gasteiger partial charge in [0.25, 0.3) is 0 Å². The summed E-state index contributed by atoms with van der Waals surface area (Å²) in [5.41, 5.74) is 0. The van der Waals surface area contributed by atoms with Crippen molar-refractivity contribution in [2.45, 2.75) is 51.5 Å². The number of rotatable bonds is 4. The third-order valence-corrected chi connectivity index (χ3v) is 3.52. The van der Waals surface area contributed by atoms with Crippen molar-refractivity contribution in [2.24, 2.45) is 5.92 Å². The average molecular weight is 227 g/mol. The number of carbonyl (C=O) groups is 2. The Hall–Kier alpha value is -1.06. The summed E-state index contributed by atoms with van der Waals surface area (Å²) >= 11 is 0. The lowest BCUT2D eigenvalue weighted by Crippen LogP contribution is -2.39. The zero-order valence-electron chi connectivity index (χ0n) is 10.1. The minimum absolute atomic E-state index is 0.182. The van der Waals surface area contributed by atoms with E-state index in [-0.39, 0.29) is 12.3 Å². The quantitative estimate of drug-likeness (QED) is 0.797. The fourth-order valence-corrected chi connectivity index (χ4v) is 2.44. The van der Waals surface area contributed by atoms with E-state index in [0.717, 1.165) is 25.7 Å². The van der Waals surface area contributed by atoms with E-state index in [2.05, 4.69) is 0 Å². The van der Waals surface area contributed by atoms with Crippen LogP contribution in [-0.2, 0) is 9.59 Å². The second-order valence-electron chi connectivity index (χ2n) is 4.63. The Morgan fingerprint density at radius 1 is 1.25 bits per heavy atom. The minimum atomic E-state index is -0.707. The summed E-state index contributed by atoms with van der Waals surface area (Å²) < 4.78 is 0. The largest absolute Gasteiger partial charge is 0.481 e. The Bertz CT molecular complexity index is 257. The summed E-state index contributed by atoms with van der Waals surface area (Å²) in [5.74, 6) is -0.220. The molecule has 0 saturated heterocycles. The van der Waals surface area contributed by atoms with E-state index >= 15 is 0 Å². The van der Waals surface area contributed by atoms with Crippen molar-refractivity contribution in [2.75, 3.05) is 7.05 Å². The summed E-state index contributed by atoms with van der Waals surface area (Å²) in [7, 11) is 1.86. The van der Waals surface area contributed by atoms with Crippen LogP contribution in [0.5, 0.6) is 0 Å². The molecule has 0 radical (unpaired) electrons. The molecule has 0 atom stereocenters. The maximum Gasteiger partial charge on any atom is 0.303 e. The topological polar surface area (TPSA) is 57.6 Å². The molecular formula is C12H21NO3. The van der Waals surface area contributed by atoms with Crippen molar-refractivity contribution in [3.63, 3.8) is 0 Å². The Balaban J connectivity index is 2.36. The van der Waals surface area contributed by atoms with E-state index < -0.39 is 5.97 Å². The third kappa shape index (κ3) is 3.51. The van der Waals surface area contributed by atoms with Crippen LogP contribution in [-0.4, -0.2) is 35.0 Å². The normalized spacial score (nSPS) is 25.1. The van der Waals surface area contributed by atoms with Crippen LogP contribution in [0.4, 0.5) is 0 Å². The predicted molar refractivity (Wildman–Crippen MR) is 61.1 cm³/mol. The van der Waals surface area contributed by atoms with E-state index in [1.165, 1.54) is 0 Å². The number of aliphatic carboxylic acids is 1. The molecule has 0 spiro atoms. The molecule has 1 N–H and O–H groups in total. The fraction of sp³-hybridized carbons (Fsp3) is 0.833. The summed E-state index contributed by atoms with van der Waals surface area (Å²) in [6, 6.07) is 0.317.